The van der Waals surface area contributed by atoms with E-state index >= 15 is 0 Å². The highest BCUT2D eigenvalue weighted by Crippen LogP contribution is 2.60. The van der Waals surface area contributed by atoms with Gasteiger partial charge < -0.3 is 15.4 Å². The highest BCUT2D eigenvalue weighted by molar-refractivity contribution is 7.85. The molecule has 26 heavy (non-hydrogen) atoms. The van der Waals surface area contributed by atoms with Crippen LogP contribution in [0.15, 0.2) is 48.5 Å². The fourth-order valence-electron chi connectivity index (χ4n) is 3.46. The van der Waals surface area contributed by atoms with Crippen molar-refractivity contribution in [2.24, 2.45) is 0 Å². The molecule has 0 fully saturated rings. The van der Waals surface area contributed by atoms with Crippen molar-refractivity contribution in [1.29, 1.82) is 0 Å². The topological polar surface area (TPSA) is 72.5 Å². The third kappa shape index (κ3) is 2.38. The second-order valence-electron chi connectivity index (χ2n) is 6.70. The van der Waals surface area contributed by atoms with E-state index in [4.69, 9.17) is 10.5 Å². The first-order chi connectivity index (χ1) is 12.4. The van der Waals surface area contributed by atoms with Crippen LogP contribution in [0.1, 0.15) is 11.1 Å². The molecule has 0 spiro atoms. The lowest BCUT2D eigenvalue weighted by Crippen LogP contribution is -2.08. The summed E-state index contributed by atoms with van der Waals surface area (Å²) in [7, 11) is -2.06. The Morgan fingerprint density at radius 1 is 0.846 bits per heavy atom. The molecule has 132 valence electrons. The quantitative estimate of drug-likeness (QED) is 0.548. The summed E-state index contributed by atoms with van der Waals surface area (Å²) in [6.07, 6.45) is 0. The van der Waals surface area contributed by atoms with Gasteiger partial charge in [0, 0.05) is 11.1 Å². The highest BCUT2D eigenvalue weighted by atomic mass is 31.2. The summed E-state index contributed by atoms with van der Waals surface area (Å²) in [5, 5.41) is 0.812. The second-order valence-corrected chi connectivity index (χ2v) is 8.75. The summed E-state index contributed by atoms with van der Waals surface area (Å²) in [5.41, 5.74) is 12.3. The number of benzene rings is 3. The Morgan fingerprint density at radius 3 is 1.77 bits per heavy atom. The van der Waals surface area contributed by atoms with Crippen molar-refractivity contribution in [2.75, 3.05) is 12.8 Å². The van der Waals surface area contributed by atoms with Gasteiger partial charge in [0.25, 0.3) is 7.37 Å². The number of rotatable bonds is 3. The molecule has 5 heteroatoms. The van der Waals surface area contributed by atoms with Gasteiger partial charge in [-0.3, -0.25) is 4.57 Å². The second kappa shape index (κ2) is 5.73. The van der Waals surface area contributed by atoms with Crippen LogP contribution in [-0.2, 0) is 4.57 Å². The van der Waals surface area contributed by atoms with Crippen LogP contribution < -0.4 is 21.1 Å². The number of methoxy groups -OCH3 is 1. The number of anilines is 1. The van der Waals surface area contributed by atoms with Crippen molar-refractivity contribution in [3.63, 3.8) is 0 Å². The Labute approximate surface area is 152 Å². The van der Waals surface area contributed by atoms with E-state index in [1.807, 2.05) is 62.4 Å². The first-order valence-electron chi connectivity index (χ1n) is 8.37. The summed E-state index contributed by atoms with van der Waals surface area (Å²) >= 11 is 0. The Kier molecular flexibility index (Phi) is 3.72. The molecule has 3 aromatic rings. The number of hydrogen-bond donors (Lipinski definition) is 2. The van der Waals surface area contributed by atoms with Gasteiger partial charge in [0.1, 0.15) is 0 Å². The van der Waals surface area contributed by atoms with Crippen LogP contribution in [0, 0.1) is 13.8 Å². The number of fused-ring (bicyclic) bond motifs is 1. The third-order valence-corrected chi connectivity index (χ3v) is 6.74. The average Bonchev–Trinajstić information content (AvgIpc) is 3.17. The van der Waals surface area contributed by atoms with Crippen molar-refractivity contribution in [3.05, 3.63) is 59.7 Å². The van der Waals surface area contributed by atoms with Crippen molar-refractivity contribution < 1.29 is 14.2 Å². The summed E-state index contributed by atoms with van der Waals surface area (Å²) in [4.78, 5) is 10.5. The molecule has 4 rings (SSSR count). The fraction of sp³-hybridized carbons (Fsp3) is 0.143. The van der Waals surface area contributed by atoms with Crippen LogP contribution in [-0.4, -0.2) is 12.0 Å². The predicted molar refractivity (Wildman–Crippen MR) is 107 cm³/mol. The molecule has 3 N–H and O–H groups in total. The van der Waals surface area contributed by atoms with Gasteiger partial charge in [0.2, 0.25) is 0 Å². The van der Waals surface area contributed by atoms with E-state index in [0.717, 1.165) is 33.4 Å². The zero-order valence-electron chi connectivity index (χ0n) is 14.9. The molecule has 0 aliphatic carbocycles. The molecule has 0 amide bonds. The molecule has 1 unspecified atom stereocenters. The number of ether oxygens (including phenoxy) is 1. The maximum atomic E-state index is 12.8. The Bertz CT molecular complexity index is 1070. The predicted octanol–water partition coefficient (Wildman–Crippen LogP) is 3.76. The smallest absolute Gasteiger partial charge is 0.265 e. The van der Waals surface area contributed by atoms with Crippen LogP contribution in [0.25, 0.3) is 22.3 Å². The zero-order chi connectivity index (χ0) is 18.6. The van der Waals surface area contributed by atoms with Crippen LogP contribution in [0.4, 0.5) is 5.69 Å². The number of hydrogen-bond acceptors (Lipinski definition) is 3. The standard InChI is InChI=1S/C21H20NO3P/c1-12-4-8-14(9-5-12)16-17(15-10-6-13(2)7-11-15)20-21(26(20,23)24)19(25-3)18(16)22/h4-11H,22H2,1-3H3,(H,23,24). The van der Waals surface area contributed by atoms with Gasteiger partial charge in [-0.1, -0.05) is 59.7 Å². The van der Waals surface area contributed by atoms with Gasteiger partial charge in [0.15, 0.2) is 5.75 Å². The lowest BCUT2D eigenvalue weighted by molar-refractivity contribution is 0.420. The molecule has 1 aliphatic rings. The lowest BCUT2D eigenvalue weighted by Gasteiger charge is -2.15. The normalized spacial score (nSPS) is 17.7. The largest absolute Gasteiger partial charge is 0.494 e. The maximum absolute atomic E-state index is 12.8. The van der Waals surface area contributed by atoms with E-state index in [2.05, 4.69) is 0 Å². The Hall–Kier alpha value is -2.55. The number of nitrogens with two attached hydrogens (primary N) is 1. The minimum Gasteiger partial charge on any atom is -0.494 e. The van der Waals surface area contributed by atoms with E-state index in [1.165, 1.54) is 7.11 Å². The van der Waals surface area contributed by atoms with Crippen molar-refractivity contribution in [3.8, 4) is 28.0 Å². The monoisotopic (exact) mass is 365 g/mol. The van der Waals surface area contributed by atoms with E-state index < -0.39 is 7.37 Å². The lowest BCUT2D eigenvalue weighted by atomic mass is 9.92. The van der Waals surface area contributed by atoms with Crippen LogP contribution in [0.3, 0.4) is 0 Å². The minimum atomic E-state index is -3.54. The molecule has 1 aliphatic heterocycles. The molecule has 0 saturated carbocycles. The van der Waals surface area contributed by atoms with Crippen LogP contribution in [0.5, 0.6) is 5.75 Å². The molecule has 3 aromatic carbocycles. The first kappa shape index (κ1) is 16.9. The Balaban J connectivity index is 2.10. The van der Waals surface area contributed by atoms with E-state index in [9.17, 15) is 9.46 Å². The van der Waals surface area contributed by atoms with Gasteiger partial charge in [-0.25, -0.2) is 0 Å². The van der Waals surface area contributed by atoms with Crippen molar-refractivity contribution >= 4 is 23.7 Å². The maximum Gasteiger partial charge on any atom is 0.265 e. The summed E-state index contributed by atoms with van der Waals surface area (Å²) in [5.74, 6) is 0.317. The van der Waals surface area contributed by atoms with Crippen molar-refractivity contribution in [2.45, 2.75) is 13.8 Å². The van der Waals surface area contributed by atoms with Gasteiger partial charge >= 0.3 is 0 Å². The minimum absolute atomic E-state index is 0.317. The van der Waals surface area contributed by atoms with Crippen LogP contribution >= 0.6 is 7.37 Å². The first-order valence-corrected chi connectivity index (χ1v) is 10.0. The molecule has 0 radical (unpaired) electrons. The number of aryl methyl sites for hydroxylation is 2. The molecule has 4 nitrogen and oxygen atoms in total. The molecule has 0 bridgehead atoms. The van der Waals surface area contributed by atoms with Crippen molar-refractivity contribution in [1.82, 2.24) is 0 Å². The van der Waals surface area contributed by atoms with E-state index in [0.29, 0.717) is 22.0 Å². The Morgan fingerprint density at radius 2 is 1.31 bits per heavy atom. The molecule has 1 heterocycles. The molecular formula is C21H20NO3P. The SMILES string of the molecule is COc1c(N)c(-c2ccc(C)cc2)c(-c2ccc(C)cc2)c2c1P2(=O)O. The third-order valence-electron chi connectivity index (χ3n) is 4.88. The molecule has 1 atom stereocenters. The fourth-order valence-corrected chi connectivity index (χ4v) is 5.41. The van der Waals surface area contributed by atoms with Gasteiger partial charge in [-0.05, 0) is 25.0 Å². The van der Waals surface area contributed by atoms with Gasteiger partial charge in [-0.15, -0.1) is 0 Å². The van der Waals surface area contributed by atoms with E-state index in [1.54, 1.807) is 0 Å². The summed E-state index contributed by atoms with van der Waals surface area (Å²) in [6.45, 7) is 4.03. The molecule has 0 saturated heterocycles. The molecular weight excluding hydrogens is 345 g/mol. The van der Waals surface area contributed by atoms with Gasteiger partial charge in [0.05, 0.1) is 23.4 Å². The molecule has 0 aromatic heterocycles. The number of nitrogen functional groups attached to an aromatic ring is 1. The summed E-state index contributed by atoms with van der Waals surface area (Å²) in [6, 6.07) is 15.9. The van der Waals surface area contributed by atoms with Gasteiger partial charge in [-0.2, -0.15) is 0 Å². The average molecular weight is 365 g/mol. The highest BCUT2D eigenvalue weighted by Gasteiger charge is 2.53. The zero-order valence-corrected chi connectivity index (χ0v) is 15.8. The van der Waals surface area contributed by atoms with Crippen LogP contribution in [0.2, 0.25) is 0 Å². The van der Waals surface area contributed by atoms with E-state index in [-0.39, 0.29) is 0 Å². The summed E-state index contributed by atoms with van der Waals surface area (Å²) < 4.78 is 18.2.